The molecule has 2 aliphatic rings. The molecular weight excluding hydrogens is 292 g/mol. The molecule has 0 spiro atoms. The summed E-state index contributed by atoms with van der Waals surface area (Å²) in [5.41, 5.74) is 1.45. The molecule has 5 nitrogen and oxygen atoms in total. The number of furan rings is 1. The third-order valence-corrected chi connectivity index (χ3v) is 4.68. The van der Waals surface area contributed by atoms with Crippen molar-refractivity contribution in [2.75, 3.05) is 13.1 Å². The highest BCUT2D eigenvalue weighted by molar-refractivity contribution is 5.95. The molecule has 1 unspecified atom stereocenters. The average molecular weight is 316 g/mol. The lowest BCUT2D eigenvalue weighted by Crippen LogP contribution is -2.46. The largest absolute Gasteiger partial charge is 0.459 e. The van der Waals surface area contributed by atoms with Gasteiger partial charge in [-0.3, -0.25) is 9.59 Å². The minimum Gasteiger partial charge on any atom is -0.459 e. The number of likely N-dealkylation sites (tertiary alicyclic amines) is 1. The quantitative estimate of drug-likeness (QED) is 0.850. The van der Waals surface area contributed by atoms with Gasteiger partial charge in [-0.15, -0.1) is 0 Å². The summed E-state index contributed by atoms with van der Waals surface area (Å²) in [7, 11) is 0. The van der Waals surface area contributed by atoms with Gasteiger partial charge in [-0.2, -0.15) is 0 Å². The summed E-state index contributed by atoms with van der Waals surface area (Å²) < 4.78 is 5.17. The summed E-state index contributed by atoms with van der Waals surface area (Å²) in [6.07, 6.45) is 11.1. The minimum atomic E-state index is -0.368. The molecule has 1 aromatic heterocycles. The summed E-state index contributed by atoms with van der Waals surface area (Å²) in [6, 6.07) is 2.97. The number of carbonyl (C=O) groups excluding carboxylic acids is 2. The number of nitrogens with zero attached hydrogens (tertiary/aromatic N) is 1. The van der Waals surface area contributed by atoms with Gasteiger partial charge in [0.1, 0.15) is 6.04 Å². The molecule has 1 fully saturated rings. The molecule has 1 aromatic rings. The monoisotopic (exact) mass is 316 g/mol. The van der Waals surface area contributed by atoms with E-state index < -0.39 is 0 Å². The van der Waals surface area contributed by atoms with E-state index in [1.165, 1.54) is 24.7 Å². The van der Waals surface area contributed by atoms with Crippen LogP contribution >= 0.6 is 0 Å². The van der Waals surface area contributed by atoms with Gasteiger partial charge < -0.3 is 14.6 Å². The third-order valence-electron chi connectivity index (χ3n) is 4.68. The fourth-order valence-electron chi connectivity index (χ4n) is 3.42. The van der Waals surface area contributed by atoms with Crippen molar-refractivity contribution in [2.45, 2.75) is 51.0 Å². The van der Waals surface area contributed by atoms with Gasteiger partial charge in [0, 0.05) is 13.1 Å². The van der Waals surface area contributed by atoms with Crippen LogP contribution in [0.3, 0.4) is 0 Å². The molecule has 5 heteroatoms. The maximum atomic E-state index is 12.4. The smallest absolute Gasteiger partial charge is 0.290 e. The van der Waals surface area contributed by atoms with Crippen molar-refractivity contribution in [3.8, 4) is 0 Å². The molecule has 3 rings (SSSR count). The van der Waals surface area contributed by atoms with Crippen LogP contribution in [-0.4, -0.2) is 35.8 Å². The molecule has 124 valence electrons. The van der Waals surface area contributed by atoms with Crippen molar-refractivity contribution < 1.29 is 14.0 Å². The molecule has 1 aliphatic carbocycles. The second-order valence-electron chi connectivity index (χ2n) is 6.28. The van der Waals surface area contributed by atoms with Crippen LogP contribution in [0.1, 0.15) is 55.5 Å². The first-order valence-electron chi connectivity index (χ1n) is 8.56. The molecule has 1 N–H and O–H groups in total. The first kappa shape index (κ1) is 15.8. The van der Waals surface area contributed by atoms with Gasteiger partial charge in [-0.05, 0) is 57.1 Å². The van der Waals surface area contributed by atoms with Crippen molar-refractivity contribution in [1.82, 2.24) is 10.2 Å². The third kappa shape index (κ3) is 3.84. The van der Waals surface area contributed by atoms with Crippen LogP contribution in [-0.2, 0) is 4.79 Å². The highest BCUT2D eigenvalue weighted by Gasteiger charge is 2.35. The van der Waals surface area contributed by atoms with Crippen LogP contribution in [0.25, 0.3) is 0 Å². The number of rotatable bonds is 5. The molecule has 2 heterocycles. The summed E-state index contributed by atoms with van der Waals surface area (Å²) >= 11 is 0. The predicted molar refractivity (Wildman–Crippen MR) is 86.9 cm³/mol. The van der Waals surface area contributed by atoms with Crippen LogP contribution in [0, 0.1) is 0 Å². The summed E-state index contributed by atoms with van der Waals surface area (Å²) in [6.45, 7) is 1.27. The Hall–Kier alpha value is -2.04. The lowest BCUT2D eigenvalue weighted by Gasteiger charge is -2.23. The van der Waals surface area contributed by atoms with Gasteiger partial charge in [-0.25, -0.2) is 0 Å². The molecule has 2 amide bonds. The van der Waals surface area contributed by atoms with Crippen LogP contribution in [0.15, 0.2) is 34.5 Å². The molecule has 0 saturated carbocycles. The summed E-state index contributed by atoms with van der Waals surface area (Å²) in [5.74, 6) is 0.0681. The normalized spacial score (nSPS) is 21.1. The van der Waals surface area contributed by atoms with Gasteiger partial charge in [-0.1, -0.05) is 11.6 Å². The van der Waals surface area contributed by atoms with Gasteiger partial charge in [0.25, 0.3) is 5.91 Å². The van der Waals surface area contributed by atoms with Gasteiger partial charge >= 0.3 is 0 Å². The van der Waals surface area contributed by atoms with Gasteiger partial charge in [0.2, 0.25) is 5.91 Å². The zero-order chi connectivity index (χ0) is 16.1. The van der Waals surface area contributed by atoms with Crippen LogP contribution < -0.4 is 5.32 Å². The van der Waals surface area contributed by atoms with E-state index in [2.05, 4.69) is 11.4 Å². The zero-order valence-corrected chi connectivity index (χ0v) is 13.4. The number of allylic oxidation sites excluding steroid dienone is 1. The van der Waals surface area contributed by atoms with E-state index in [1.54, 1.807) is 17.0 Å². The Labute approximate surface area is 136 Å². The molecular formula is C18H24N2O3. The molecule has 23 heavy (non-hydrogen) atoms. The first-order chi connectivity index (χ1) is 11.3. The van der Waals surface area contributed by atoms with E-state index in [0.717, 1.165) is 32.1 Å². The summed E-state index contributed by atoms with van der Waals surface area (Å²) in [5, 5.41) is 3.00. The number of hydrogen-bond acceptors (Lipinski definition) is 3. The highest BCUT2D eigenvalue weighted by atomic mass is 16.3. The maximum absolute atomic E-state index is 12.4. The molecule has 0 aromatic carbocycles. The number of amides is 2. The Kier molecular flexibility index (Phi) is 5.16. The van der Waals surface area contributed by atoms with Crippen molar-refractivity contribution in [3.05, 3.63) is 35.8 Å². The van der Waals surface area contributed by atoms with Crippen LogP contribution in [0.2, 0.25) is 0 Å². The SMILES string of the molecule is O=C(NCCC1=CCCCC1)C1CCCN1C(=O)c1ccco1. The maximum Gasteiger partial charge on any atom is 0.290 e. The average Bonchev–Trinajstić information content (AvgIpc) is 3.27. The Bertz CT molecular complexity index is 577. The van der Waals surface area contributed by atoms with E-state index in [1.807, 2.05) is 0 Å². The van der Waals surface area contributed by atoms with E-state index in [0.29, 0.717) is 18.8 Å². The molecule has 1 saturated heterocycles. The fraction of sp³-hybridized carbons (Fsp3) is 0.556. The number of carbonyl (C=O) groups is 2. The Balaban J connectivity index is 1.51. The lowest BCUT2D eigenvalue weighted by atomic mass is 9.97. The van der Waals surface area contributed by atoms with Crippen molar-refractivity contribution in [2.24, 2.45) is 0 Å². The Morgan fingerprint density at radius 2 is 2.22 bits per heavy atom. The fourth-order valence-corrected chi connectivity index (χ4v) is 3.42. The van der Waals surface area contributed by atoms with E-state index >= 15 is 0 Å². The zero-order valence-electron chi connectivity index (χ0n) is 13.4. The highest BCUT2D eigenvalue weighted by Crippen LogP contribution is 2.21. The van der Waals surface area contributed by atoms with Crippen molar-refractivity contribution in [3.63, 3.8) is 0 Å². The minimum absolute atomic E-state index is 0.0428. The molecule has 1 atom stereocenters. The first-order valence-corrected chi connectivity index (χ1v) is 8.56. The van der Waals surface area contributed by atoms with E-state index in [-0.39, 0.29) is 17.9 Å². The Morgan fingerprint density at radius 1 is 1.30 bits per heavy atom. The lowest BCUT2D eigenvalue weighted by molar-refractivity contribution is -0.124. The topological polar surface area (TPSA) is 62.6 Å². The van der Waals surface area contributed by atoms with Gasteiger partial charge in [0.15, 0.2) is 5.76 Å². The van der Waals surface area contributed by atoms with E-state index in [4.69, 9.17) is 4.42 Å². The number of nitrogens with one attached hydrogen (secondary N) is 1. The van der Waals surface area contributed by atoms with Crippen LogP contribution in [0.4, 0.5) is 0 Å². The number of hydrogen-bond donors (Lipinski definition) is 1. The predicted octanol–water partition coefficient (Wildman–Crippen LogP) is 2.89. The molecule has 1 aliphatic heterocycles. The van der Waals surface area contributed by atoms with E-state index in [9.17, 15) is 9.59 Å². The summed E-state index contributed by atoms with van der Waals surface area (Å²) in [4.78, 5) is 26.4. The van der Waals surface area contributed by atoms with Gasteiger partial charge in [0.05, 0.1) is 6.26 Å². The second kappa shape index (κ2) is 7.49. The van der Waals surface area contributed by atoms with Crippen molar-refractivity contribution in [1.29, 1.82) is 0 Å². The standard InChI is InChI=1S/C18H24N2O3/c21-17(19-11-10-14-6-2-1-3-7-14)15-8-4-12-20(15)18(22)16-9-5-13-23-16/h5-6,9,13,15H,1-4,7-8,10-12H2,(H,19,21). The van der Waals surface area contributed by atoms with Crippen LogP contribution in [0.5, 0.6) is 0 Å². The Morgan fingerprint density at radius 3 is 2.96 bits per heavy atom. The molecule has 0 radical (unpaired) electrons. The second-order valence-corrected chi connectivity index (χ2v) is 6.28. The molecule has 0 bridgehead atoms. The van der Waals surface area contributed by atoms with Crippen molar-refractivity contribution >= 4 is 11.8 Å².